The lowest BCUT2D eigenvalue weighted by Crippen LogP contribution is -2.45. The highest BCUT2D eigenvalue weighted by atomic mass is 79.9. The third kappa shape index (κ3) is 2.79. The van der Waals surface area contributed by atoms with E-state index in [1.54, 1.807) is 6.92 Å². The van der Waals surface area contributed by atoms with Crippen LogP contribution in [-0.4, -0.2) is 21.6 Å². The average Bonchev–Trinajstić information content (AvgIpc) is 3.04. The maximum atomic E-state index is 11.8. The molecule has 20 heavy (non-hydrogen) atoms. The maximum absolute atomic E-state index is 11.8. The standard InChI is InChI=1S/C12H12BrN3O4/c1-12(6-9(12)13)11(18)15-14-10(17)7-3-2-4-8(5-7)16(19)20/h2-5,9H,6H2,1H3,(H,14,17)(H,15,18)/t9-,12-/m0/s1. The van der Waals surface area contributed by atoms with Gasteiger partial charge in [0.05, 0.1) is 10.3 Å². The lowest BCUT2D eigenvalue weighted by Gasteiger charge is -2.11. The fourth-order valence-electron chi connectivity index (χ4n) is 1.64. The Morgan fingerprint density at radius 1 is 1.45 bits per heavy atom. The molecule has 0 aromatic heterocycles. The lowest BCUT2D eigenvalue weighted by atomic mass is 10.1. The van der Waals surface area contributed by atoms with Crippen molar-refractivity contribution in [3.05, 3.63) is 39.9 Å². The lowest BCUT2D eigenvalue weighted by molar-refractivity contribution is -0.384. The van der Waals surface area contributed by atoms with E-state index in [1.807, 2.05) is 0 Å². The van der Waals surface area contributed by atoms with Crippen molar-refractivity contribution in [2.24, 2.45) is 5.41 Å². The summed E-state index contributed by atoms with van der Waals surface area (Å²) in [5.41, 5.74) is 3.98. The van der Waals surface area contributed by atoms with Crippen molar-refractivity contribution in [2.45, 2.75) is 18.2 Å². The highest BCUT2D eigenvalue weighted by Crippen LogP contribution is 2.51. The van der Waals surface area contributed by atoms with Crippen LogP contribution in [0.5, 0.6) is 0 Å². The number of nitro groups is 1. The number of halogens is 1. The van der Waals surface area contributed by atoms with Crippen molar-refractivity contribution in [3.8, 4) is 0 Å². The van der Waals surface area contributed by atoms with Gasteiger partial charge in [-0.15, -0.1) is 0 Å². The highest BCUT2D eigenvalue weighted by molar-refractivity contribution is 9.09. The Morgan fingerprint density at radius 3 is 2.65 bits per heavy atom. The second kappa shape index (κ2) is 5.20. The van der Waals surface area contributed by atoms with Gasteiger partial charge in [0.2, 0.25) is 5.91 Å². The smallest absolute Gasteiger partial charge is 0.270 e. The minimum atomic E-state index is -0.600. The molecule has 1 aliphatic carbocycles. The van der Waals surface area contributed by atoms with Gasteiger partial charge < -0.3 is 0 Å². The minimum Gasteiger partial charge on any atom is -0.273 e. The molecule has 0 unspecified atom stereocenters. The molecule has 1 aromatic carbocycles. The fourth-order valence-corrected chi connectivity index (χ4v) is 2.52. The van der Waals surface area contributed by atoms with Crippen molar-refractivity contribution in [3.63, 3.8) is 0 Å². The van der Waals surface area contributed by atoms with Gasteiger partial charge in [0.15, 0.2) is 0 Å². The number of rotatable bonds is 3. The van der Waals surface area contributed by atoms with E-state index in [1.165, 1.54) is 18.2 Å². The third-order valence-corrected chi connectivity index (χ3v) is 4.60. The quantitative estimate of drug-likeness (QED) is 0.494. The van der Waals surface area contributed by atoms with Gasteiger partial charge in [0.25, 0.3) is 11.6 Å². The zero-order valence-corrected chi connectivity index (χ0v) is 12.1. The van der Waals surface area contributed by atoms with E-state index in [4.69, 9.17) is 0 Å². The van der Waals surface area contributed by atoms with Gasteiger partial charge in [0.1, 0.15) is 0 Å². The van der Waals surface area contributed by atoms with Crippen LogP contribution in [0.1, 0.15) is 23.7 Å². The van der Waals surface area contributed by atoms with Crippen LogP contribution >= 0.6 is 15.9 Å². The predicted molar refractivity (Wildman–Crippen MR) is 74.1 cm³/mol. The molecule has 0 radical (unpaired) electrons. The fraction of sp³-hybridized carbons (Fsp3) is 0.333. The van der Waals surface area contributed by atoms with Crippen molar-refractivity contribution >= 4 is 33.4 Å². The van der Waals surface area contributed by atoms with Gasteiger partial charge in [-0.25, -0.2) is 0 Å². The summed E-state index contributed by atoms with van der Waals surface area (Å²) in [4.78, 5) is 33.7. The van der Waals surface area contributed by atoms with E-state index in [0.29, 0.717) is 6.42 Å². The number of hydrogen-bond acceptors (Lipinski definition) is 4. The Bertz CT molecular complexity index is 592. The number of non-ortho nitro benzene ring substituents is 1. The Morgan fingerprint density at radius 2 is 2.10 bits per heavy atom. The zero-order chi connectivity index (χ0) is 14.9. The van der Waals surface area contributed by atoms with E-state index in [-0.39, 0.29) is 22.0 Å². The molecule has 0 spiro atoms. The molecule has 1 aromatic rings. The summed E-state index contributed by atoms with van der Waals surface area (Å²) in [5, 5.41) is 10.6. The number of carbonyl (C=O) groups is 2. The molecule has 0 saturated heterocycles. The Labute approximate surface area is 123 Å². The number of hydrogen-bond donors (Lipinski definition) is 2. The first-order valence-electron chi connectivity index (χ1n) is 5.84. The van der Waals surface area contributed by atoms with Crippen molar-refractivity contribution in [2.75, 3.05) is 0 Å². The molecule has 0 bridgehead atoms. The Kier molecular flexibility index (Phi) is 3.76. The summed E-state index contributed by atoms with van der Waals surface area (Å²) >= 11 is 3.33. The summed E-state index contributed by atoms with van der Waals surface area (Å²) in [6.45, 7) is 1.78. The highest BCUT2D eigenvalue weighted by Gasteiger charge is 2.54. The normalized spacial score (nSPS) is 23.8. The van der Waals surface area contributed by atoms with Crippen LogP contribution in [0.15, 0.2) is 24.3 Å². The zero-order valence-electron chi connectivity index (χ0n) is 10.6. The molecular weight excluding hydrogens is 330 g/mol. The number of amides is 2. The van der Waals surface area contributed by atoms with Crippen LogP contribution in [0.25, 0.3) is 0 Å². The second-order valence-electron chi connectivity index (χ2n) is 4.80. The van der Waals surface area contributed by atoms with Crippen LogP contribution in [-0.2, 0) is 4.79 Å². The summed E-state index contributed by atoms with van der Waals surface area (Å²) in [6, 6.07) is 5.27. The van der Waals surface area contributed by atoms with E-state index >= 15 is 0 Å². The van der Waals surface area contributed by atoms with Gasteiger partial charge >= 0.3 is 0 Å². The van der Waals surface area contributed by atoms with Crippen LogP contribution in [0.2, 0.25) is 0 Å². The number of hydrazine groups is 1. The summed E-state index contributed by atoms with van der Waals surface area (Å²) in [6.07, 6.45) is 0.700. The van der Waals surface area contributed by atoms with E-state index in [2.05, 4.69) is 26.8 Å². The molecule has 8 heteroatoms. The number of alkyl halides is 1. The first-order valence-corrected chi connectivity index (χ1v) is 6.75. The molecule has 2 rings (SSSR count). The maximum Gasteiger partial charge on any atom is 0.270 e. The van der Waals surface area contributed by atoms with Crippen molar-refractivity contribution < 1.29 is 14.5 Å². The molecule has 2 amide bonds. The molecule has 0 aliphatic heterocycles. The van der Waals surface area contributed by atoms with Gasteiger partial charge in [-0.1, -0.05) is 22.0 Å². The molecule has 106 valence electrons. The Hall–Kier alpha value is -1.96. The first kappa shape index (κ1) is 14.4. The topological polar surface area (TPSA) is 101 Å². The van der Waals surface area contributed by atoms with E-state index in [9.17, 15) is 19.7 Å². The molecular formula is C12H12BrN3O4. The minimum absolute atomic E-state index is 0.102. The van der Waals surface area contributed by atoms with E-state index < -0.39 is 16.2 Å². The van der Waals surface area contributed by atoms with Crippen LogP contribution in [0.4, 0.5) is 5.69 Å². The second-order valence-corrected chi connectivity index (χ2v) is 5.91. The average molecular weight is 342 g/mol. The molecule has 1 aliphatic rings. The SMILES string of the molecule is C[C@]1(C(=O)NNC(=O)c2cccc([N+](=O)[O-])c2)C[C@@H]1Br. The summed E-state index contributed by atoms with van der Waals surface area (Å²) in [7, 11) is 0. The van der Waals surface area contributed by atoms with Gasteiger partial charge in [0, 0.05) is 22.5 Å². The molecule has 0 heterocycles. The monoisotopic (exact) mass is 341 g/mol. The number of carbonyl (C=O) groups excluding carboxylic acids is 2. The molecule has 1 fully saturated rings. The third-order valence-electron chi connectivity index (χ3n) is 3.26. The predicted octanol–water partition coefficient (Wildman–Crippen LogP) is 1.53. The number of nitrogens with one attached hydrogen (secondary N) is 2. The van der Waals surface area contributed by atoms with E-state index in [0.717, 1.165) is 6.07 Å². The van der Waals surface area contributed by atoms with Gasteiger partial charge in [-0.2, -0.15) is 0 Å². The van der Waals surface area contributed by atoms with Gasteiger partial charge in [-0.3, -0.25) is 30.6 Å². The van der Waals surface area contributed by atoms with Crippen molar-refractivity contribution in [1.82, 2.24) is 10.9 Å². The summed E-state index contributed by atoms with van der Waals surface area (Å²) in [5.74, 6) is -0.893. The number of nitro benzene ring substituents is 1. The van der Waals surface area contributed by atoms with Crippen molar-refractivity contribution in [1.29, 1.82) is 0 Å². The molecule has 7 nitrogen and oxygen atoms in total. The van der Waals surface area contributed by atoms with Crippen LogP contribution in [0, 0.1) is 15.5 Å². The van der Waals surface area contributed by atoms with Crippen LogP contribution < -0.4 is 10.9 Å². The Balaban J connectivity index is 1.97. The summed E-state index contributed by atoms with van der Waals surface area (Å²) < 4.78 is 0. The number of benzene rings is 1. The number of nitrogens with zero attached hydrogens (tertiary/aromatic N) is 1. The van der Waals surface area contributed by atoms with Crippen LogP contribution in [0.3, 0.4) is 0 Å². The molecule has 2 atom stereocenters. The molecule has 1 saturated carbocycles. The molecule has 2 N–H and O–H groups in total. The van der Waals surface area contributed by atoms with Gasteiger partial charge in [-0.05, 0) is 19.4 Å². The first-order chi connectivity index (χ1) is 9.34. The largest absolute Gasteiger partial charge is 0.273 e.